The van der Waals surface area contributed by atoms with Crippen molar-refractivity contribution >= 4 is 11.0 Å². The van der Waals surface area contributed by atoms with Gasteiger partial charge in [-0.05, 0) is 68.9 Å². The average molecular weight is 471 g/mol. The number of rotatable bonds is 7. The molecule has 0 amide bonds. The van der Waals surface area contributed by atoms with E-state index in [0.29, 0.717) is 24.6 Å². The van der Waals surface area contributed by atoms with Gasteiger partial charge in [0, 0.05) is 24.0 Å². The Morgan fingerprint density at radius 3 is 2.43 bits per heavy atom. The van der Waals surface area contributed by atoms with Crippen molar-refractivity contribution in [1.29, 1.82) is 0 Å². The van der Waals surface area contributed by atoms with Crippen molar-refractivity contribution in [2.45, 2.75) is 19.9 Å². The zero-order valence-corrected chi connectivity index (χ0v) is 19.5. The molecule has 35 heavy (non-hydrogen) atoms. The highest BCUT2D eigenvalue weighted by Gasteiger charge is 2.18. The molecule has 0 fully saturated rings. The number of benzene rings is 1. The number of hydrogen-bond donors (Lipinski definition) is 1. The van der Waals surface area contributed by atoms with Crippen LogP contribution in [0.4, 0.5) is 8.78 Å². The molecular formula is C27H24F2N6. The fourth-order valence-electron chi connectivity index (χ4n) is 4.05. The standard InChI is InChI=1S/C27H24F2N6/c1-17-6-3-9-23(31-17)26-27(24-12-11-21-22(32-24)10-5-14-30-21)34-25(33-26)16-35(2)15-13-18-19(28)7-4-8-20(18)29/h3-12,14H,13,15-16H2,1-2H3,(H,33,34). The number of likely N-dealkylation sites (N-methyl/N-ethyl adjacent to an activating group) is 1. The maximum absolute atomic E-state index is 14.0. The Morgan fingerprint density at radius 1 is 0.829 bits per heavy atom. The van der Waals surface area contributed by atoms with E-state index >= 15 is 0 Å². The summed E-state index contributed by atoms with van der Waals surface area (Å²) in [6.07, 6.45) is 2.00. The van der Waals surface area contributed by atoms with E-state index in [0.717, 1.165) is 33.8 Å². The minimum Gasteiger partial charge on any atom is -0.339 e. The number of nitrogens with zero attached hydrogens (tertiary/aromatic N) is 5. The number of aryl methyl sites for hydroxylation is 1. The molecule has 0 bridgehead atoms. The summed E-state index contributed by atoms with van der Waals surface area (Å²) in [4.78, 5) is 24.0. The molecule has 0 saturated heterocycles. The molecule has 0 aliphatic carbocycles. The first kappa shape index (κ1) is 22.7. The van der Waals surface area contributed by atoms with Crippen LogP contribution >= 0.6 is 0 Å². The van der Waals surface area contributed by atoms with Gasteiger partial charge in [-0.3, -0.25) is 14.9 Å². The number of H-pyrrole nitrogens is 1. The Morgan fingerprint density at radius 2 is 1.63 bits per heavy atom. The van der Waals surface area contributed by atoms with Crippen molar-refractivity contribution in [3.05, 3.63) is 95.6 Å². The summed E-state index contributed by atoms with van der Waals surface area (Å²) in [5.74, 6) is -0.338. The first-order valence-corrected chi connectivity index (χ1v) is 11.3. The molecule has 5 aromatic rings. The number of hydrogen-bond acceptors (Lipinski definition) is 5. The first-order valence-electron chi connectivity index (χ1n) is 11.3. The van der Waals surface area contributed by atoms with Crippen molar-refractivity contribution in [2.75, 3.05) is 13.6 Å². The second-order valence-electron chi connectivity index (χ2n) is 8.50. The fourth-order valence-corrected chi connectivity index (χ4v) is 4.05. The Hall–Kier alpha value is -4.04. The van der Waals surface area contributed by atoms with Crippen LogP contribution in [0.5, 0.6) is 0 Å². The van der Waals surface area contributed by atoms with Crippen LogP contribution in [0.25, 0.3) is 33.8 Å². The molecule has 0 atom stereocenters. The third-order valence-corrected chi connectivity index (χ3v) is 5.82. The van der Waals surface area contributed by atoms with Gasteiger partial charge in [0.2, 0.25) is 0 Å². The molecule has 4 heterocycles. The summed E-state index contributed by atoms with van der Waals surface area (Å²) >= 11 is 0. The smallest absolute Gasteiger partial charge is 0.129 e. The average Bonchev–Trinajstić information content (AvgIpc) is 3.27. The predicted molar refractivity (Wildman–Crippen MR) is 131 cm³/mol. The second kappa shape index (κ2) is 9.68. The number of imidazole rings is 1. The minimum atomic E-state index is -0.525. The van der Waals surface area contributed by atoms with Gasteiger partial charge in [-0.2, -0.15) is 0 Å². The van der Waals surface area contributed by atoms with Crippen LogP contribution in [0.2, 0.25) is 0 Å². The topological polar surface area (TPSA) is 70.6 Å². The summed E-state index contributed by atoms with van der Waals surface area (Å²) in [6.45, 7) is 2.86. The van der Waals surface area contributed by atoms with Crippen LogP contribution in [0.15, 0.2) is 66.9 Å². The third-order valence-electron chi connectivity index (χ3n) is 5.82. The summed E-state index contributed by atoms with van der Waals surface area (Å²) in [5.41, 5.74) is 5.52. The Kier molecular flexibility index (Phi) is 6.29. The number of halogens is 2. The van der Waals surface area contributed by atoms with Crippen molar-refractivity contribution in [3.8, 4) is 22.8 Å². The van der Waals surface area contributed by atoms with Crippen molar-refractivity contribution in [3.63, 3.8) is 0 Å². The maximum atomic E-state index is 14.0. The molecule has 4 aromatic heterocycles. The van der Waals surface area contributed by atoms with Crippen LogP contribution in [-0.2, 0) is 13.0 Å². The van der Waals surface area contributed by atoms with Crippen LogP contribution in [0, 0.1) is 18.6 Å². The van der Waals surface area contributed by atoms with E-state index in [2.05, 4.69) is 15.0 Å². The van der Waals surface area contributed by atoms with E-state index in [1.54, 1.807) is 6.20 Å². The van der Waals surface area contributed by atoms with Gasteiger partial charge in [0.1, 0.15) is 23.2 Å². The van der Waals surface area contributed by atoms with Gasteiger partial charge < -0.3 is 4.98 Å². The van der Waals surface area contributed by atoms with E-state index in [4.69, 9.17) is 9.97 Å². The summed E-state index contributed by atoms with van der Waals surface area (Å²) in [7, 11) is 1.89. The molecule has 1 aromatic carbocycles. The third kappa shape index (κ3) is 4.93. The Balaban J connectivity index is 1.45. The van der Waals surface area contributed by atoms with Gasteiger partial charge in [-0.15, -0.1) is 0 Å². The molecule has 6 nitrogen and oxygen atoms in total. The second-order valence-corrected chi connectivity index (χ2v) is 8.50. The molecule has 176 valence electrons. The first-order chi connectivity index (χ1) is 17.0. The molecule has 0 saturated carbocycles. The predicted octanol–water partition coefficient (Wildman–Crippen LogP) is 5.34. The summed E-state index contributed by atoms with van der Waals surface area (Å²) in [5, 5.41) is 0. The van der Waals surface area contributed by atoms with Gasteiger partial charge >= 0.3 is 0 Å². The van der Waals surface area contributed by atoms with Gasteiger partial charge in [-0.25, -0.2) is 18.7 Å². The number of nitrogens with one attached hydrogen (secondary N) is 1. The monoisotopic (exact) mass is 470 g/mol. The summed E-state index contributed by atoms with van der Waals surface area (Å²) in [6, 6.07) is 17.4. The van der Waals surface area contributed by atoms with Gasteiger partial charge in [0.15, 0.2) is 0 Å². The number of pyridine rings is 3. The minimum absolute atomic E-state index is 0.0955. The Bertz CT molecular complexity index is 1480. The molecule has 0 radical (unpaired) electrons. The van der Waals surface area contributed by atoms with Gasteiger partial charge in [0.25, 0.3) is 0 Å². The highest BCUT2D eigenvalue weighted by Crippen LogP contribution is 2.29. The van der Waals surface area contributed by atoms with Crippen LogP contribution in [0.3, 0.4) is 0 Å². The normalized spacial score (nSPS) is 11.5. The fraction of sp³-hybridized carbons (Fsp3) is 0.185. The Labute approximate surface area is 201 Å². The van der Waals surface area contributed by atoms with E-state index in [1.165, 1.54) is 18.2 Å². The molecule has 1 N–H and O–H groups in total. The maximum Gasteiger partial charge on any atom is 0.129 e. The number of aromatic nitrogens is 5. The van der Waals surface area contributed by atoms with E-state index in [-0.39, 0.29) is 12.0 Å². The number of fused-ring (bicyclic) bond motifs is 1. The molecule has 8 heteroatoms. The highest BCUT2D eigenvalue weighted by atomic mass is 19.1. The molecule has 0 unspecified atom stereocenters. The SMILES string of the molecule is Cc1cccc(-c2nc(CN(C)CCc3c(F)cccc3F)[nH]c2-c2ccc3ncccc3n2)n1. The lowest BCUT2D eigenvalue weighted by molar-refractivity contribution is 0.320. The molecular weight excluding hydrogens is 446 g/mol. The molecule has 0 spiro atoms. The van der Waals surface area contributed by atoms with Crippen LogP contribution < -0.4 is 0 Å². The van der Waals surface area contributed by atoms with Crippen molar-refractivity contribution in [2.24, 2.45) is 0 Å². The molecule has 5 rings (SSSR count). The quantitative estimate of drug-likeness (QED) is 0.348. The van der Waals surface area contributed by atoms with Crippen LogP contribution in [-0.4, -0.2) is 43.4 Å². The summed E-state index contributed by atoms with van der Waals surface area (Å²) < 4.78 is 28.0. The largest absolute Gasteiger partial charge is 0.339 e. The molecule has 0 aliphatic heterocycles. The zero-order valence-electron chi connectivity index (χ0n) is 19.5. The van der Waals surface area contributed by atoms with Crippen molar-refractivity contribution < 1.29 is 8.78 Å². The van der Waals surface area contributed by atoms with Crippen LogP contribution in [0.1, 0.15) is 17.1 Å². The van der Waals surface area contributed by atoms with Gasteiger partial charge in [0.05, 0.1) is 34.7 Å². The van der Waals surface area contributed by atoms with E-state index in [9.17, 15) is 8.78 Å². The van der Waals surface area contributed by atoms with E-state index < -0.39 is 11.6 Å². The zero-order chi connectivity index (χ0) is 24.4. The highest BCUT2D eigenvalue weighted by molar-refractivity contribution is 5.81. The lowest BCUT2D eigenvalue weighted by Gasteiger charge is -2.15. The number of aromatic amines is 1. The lowest BCUT2D eigenvalue weighted by Crippen LogP contribution is -2.22. The van der Waals surface area contributed by atoms with E-state index in [1.807, 2.05) is 61.3 Å². The van der Waals surface area contributed by atoms with Crippen molar-refractivity contribution in [1.82, 2.24) is 29.8 Å². The molecule has 0 aliphatic rings. The van der Waals surface area contributed by atoms with Gasteiger partial charge in [-0.1, -0.05) is 12.1 Å². The lowest BCUT2D eigenvalue weighted by atomic mass is 10.1.